The van der Waals surface area contributed by atoms with Gasteiger partial charge in [0.25, 0.3) is 0 Å². The highest BCUT2D eigenvalue weighted by molar-refractivity contribution is 4.92. The average molecular weight is 269 g/mol. The lowest BCUT2D eigenvalue weighted by Gasteiger charge is -2.33. The fourth-order valence-corrected chi connectivity index (χ4v) is 3.27. The molecule has 112 valence electrons. The van der Waals surface area contributed by atoms with Crippen molar-refractivity contribution in [3.05, 3.63) is 0 Å². The Bertz CT molecular complexity index is 254. The minimum Gasteiger partial charge on any atom is -0.379 e. The molecule has 4 heteroatoms. The van der Waals surface area contributed by atoms with E-state index in [4.69, 9.17) is 4.74 Å². The summed E-state index contributed by atoms with van der Waals surface area (Å²) in [4.78, 5) is 2.40. The van der Waals surface area contributed by atoms with Crippen molar-refractivity contribution in [1.82, 2.24) is 15.5 Å². The van der Waals surface area contributed by atoms with Crippen LogP contribution in [-0.2, 0) is 4.74 Å². The molecular formula is C15H31N3O. The summed E-state index contributed by atoms with van der Waals surface area (Å²) in [5.74, 6) is 0.754. The van der Waals surface area contributed by atoms with Gasteiger partial charge in [-0.25, -0.2) is 0 Å². The van der Waals surface area contributed by atoms with Gasteiger partial charge in [0.1, 0.15) is 0 Å². The van der Waals surface area contributed by atoms with E-state index >= 15 is 0 Å². The normalized spacial score (nSPS) is 32.4. The minimum atomic E-state index is 0.566. The van der Waals surface area contributed by atoms with Crippen molar-refractivity contribution in [1.29, 1.82) is 0 Å². The first kappa shape index (κ1) is 15.2. The number of likely N-dealkylation sites (N-methyl/N-ethyl adjacent to an activating group) is 1. The van der Waals surface area contributed by atoms with Gasteiger partial charge in [0.2, 0.25) is 0 Å². The number of rotatable bonds is 6. The van der Waals surface area contributed by atoms with Gasteiger partial charge in [-0.05, 0) is 39.7 Å². The fourth-order valence-electron chi connectivity index (χ4n) is 3.27. The van der Waals surface area contributed by atoms with Crippen LogP contribution in [0.1, 0.15) is 33.1 Å². The Kier molecular flexibility index (Phi) is 6.07. The molecular weight excluding hydrogens is 238 g/mol. The summed E-state index contributed by atoms with van der Waals surface area (Å²) in [6, 6.07) is 1.88. The van der Waals surface area contributed by atoms with E-state index in [1.165, 1.54) is 19.3 Å². The molecule has 1 heterocycles. The summed E-state index contributed by atoms with van der Waals surface area (Å²) >= 11 is 0. The Balaban J connectivity index is 1.72. The molecule has 4 nitrogen and oxygen atoms in total. The van der Waals surface area contributed by atoms with E-state index in [9.17, 15) is 0 Å². The predicted octanol–water partition coefficient (Wildman–Crippen LogP) is 1.07. The van der Waals surface area contributed by atoms with Crippen LogP contribution in [-0.4, -0.2) is 62.9 Å². The summed E-state index contributed by atoms with van der Waals surface area (Å²) < 4.78 is 5.62. The van der Waals surface area contributed by atoms with Crippen LogP contribution >= 0.6 is 0 Å². The fraction of sp³-hybridized carbons (Fsp3) is 1.00. The summed E-state index contributed by atoms with van der Waals surface area (Å²) in [5.41, 5.74) is 0. The quantitative estimate of drug-likeness (QED) is 0.756. The lowest BCUT2D eigenvalue weighted by atomic mass is 9.94. The number of hydrogen-bond donors (Lipinski definition) is 2. The van der Waals surface area contributed by atoms with Crippen LogP contribution in [0.15, 0.2) is 0 Å². The molecule has 0 bridgehead atoms. The first-order valence-corrected chi connectivity index (χ1v) is 7.93. The maximum atomic E-state index is 5.62. The van der Waals surface area contributed by atoms with Gasteiger partial charge < -0.3 is 20.3 Å². The topological polar surface area (TPSA) is 36.5 Å². The first-order valence-electron chi connectivity index (χ1n) is 7.93. The molecule has 2 rings (SSSR count). The SMILES string of the molecule is CC(C)N(C)CCNC1CCCC1C1COCCN1. The van der Waals surface area contributed by atoms with Crippen molar-refractivity contribution in [3.63, 3.8) is 0 Å². The van der Waals surface area contributed by atoms with Crippen molar-refractivity contribution in [2.45, 2.75) is 51.2 Å². The van der Waals surface area contributed by atoms with E-state index < -0.39 is 0 Å². The van der Waals surface area contributed by atoms with Gasteiger partial charge in [0.05, 0.1) is 13.2 Å². The molecule has 2 fully saturated rings. The molecule has 2 aliphatic rings. The minimum absolute atomic E-state index is 0.566. The van der Waals surface area contributed by atoms with Crippen LogP contribution < -0.4 is 10.6 Å². The molecule has 0 radical (unpaired) electrons. The molecule has 1 saturated carbocycles. The molecule has 1 aliphatic carbocycles. The van der Waals surface area contributed by atoms with Gasteiger partial charge >= 0.3 is 0 Å². The highest BCUT2D eigenvalue weighted by atomic mass is 16.5. The summed E-state index contributed by atoms with van der Waals surface area (Å²) in [5, 5.41) is 7.41. The molecule has 19 heavy (non-hydrogen) atoms. The zero-order chi connectivity index (χ0) is 13.7. The lowest BCUT2D eigenvalue weighted by molar-refractivity contribution is 0.0523. The number of morpholine rings is 1. The monoisotopic (exact) mass is 269 g/mol. The smallest absolute Gasteiger partial charge is 0.0623 e. The predicted molar refractivity (Wildman–Crippen MR) is 79.5 cm³/mol. The molecule has 1 saturated heterocycles. The van der Waals surface area contributed by atoms with E-state index in [-0.39, 0.29) is 0 Å². The van der Waals surface area contributed by atoms with Gasteiger partial charge in [-0.2, -0.15) is 0 Å². The molecule has 0 amide bonds. The van der Waals surface area contributed by atoms with Crippen molar-refractivity contribution in [2.75, 3.05) is 39.9 Å². The second-order valence-electron chi connectivity index (χ2n) is 6.37. The third-order valence-electron chi connectivity index (χ3n) is 4.79. The molecule has 0 spiro atoms. The Morgan fingerprint density at radius 2 is 2.21 bits per heavy atom. The van der Waals surface area contributed by atoms with Gasteiger partial charge in [-0.3, -0.25) is 0 Å². The van der Waals surface area contributed by atoms with Crippen molar-refractivity contribution in [2.24, 2.45) is 5.92 Å². The van der Waals surface area contributed by atoms with E-state index in [1.54, 1.807) is 0 Å². The molecule has 0 aromatic rings. The Labute approximate surface area is 118 Å². The second-order valence-corrected chi connectivity index (χ2v) is 6.37. The van der Waals surface area contributed by atoms with Gasteiger partial charge in [0.15, 0.2) is 0 Å². The number of hydrogen-bond acceptors (Lipinski definition) is 4. The van der Waals surface area contributed by atoms with E-state index in [2.05, 4.69) is 36.4 Å². The molecule has 2 N–H and O–H groups in total. The average Bonchev–Trinajstić information content (AvgIpc) is 2.88. The molecule has 3 unspecified atom stereocenters. The van der Waals surface area contributed by atoms with Gasteiger partial charge in [-0.15, -0.1) is 0 Å². The number of ether oxygens (including phenoxy) is 1. The third kappa shape index (κ3) is 4.42. The van der Waals surface area contributed by atoms with Crippen LogP contribution in [0.25, 0.3) is 0 Å². The maximum absolute atomic E-state index is 5.62. The summed E-state index contributed by atoms with van der Waals surface area (Å²) in [7, 11) is 2.20. The highest BCUT2D eigenvalue weighted by Gasteiger charge is 2.34. The van der Waals surface area contributed by atoms with Crippen molar-refractivity contribution < 1.29 is 4.74 Å². The lowest BCUT2D eigenvalue weighted by Crippen LogP contribution is -2.51. The molecule has 1 aliphatic heterocycles. The highest BCUT2D eigenvalue weighted by Crippen LogP contribution is 2.29. The standard InChI is InChI=1S/C15H31N3O/c1-12(2)18(3)9-7-16-14-6-4-5-13(14)15-11-19-10-8-17-15/h12-17H,4-11H2,1-3H3. The second kappa shape index (κ2) is 7.58. The number of nitrogens with zero attached hydrogens (tertiary/aromatic N) is 1. The molecule has 3 atom stereocenters. The Hall–Kier alpha value is -0.160. The Morgan fingerprint density at radius 3 is 2.89 bits per heavy atom. The van der Waals surface area contributed by atoms with Crippen molar-refractivity contribution >= 4 is 0 Å². The van der Waals surface area contributed by atoms with Gasteiger partial charge in [0, 0.05) is 37.8 Å². The number of nitrogens with one attached hydrogen (secondary N) is 2. The maximum Gasteiger partial charge on any atom is 0.0623 e. The van der Waals surface area contributed by atoms with E-state index in [0.29, 0.717) is 18.1 Å². The largest absolute Gasteiger partial charge is 0.379 e. The van der Waals surface area contributed by atoms with E-state index in [1.807, 2.05) is 0 Å². The van der Waals surface area contributed by atoms with Crippen molar-refractivity contribution in [3.8, 4) is 0 Å². The van der Waals surface area contributed by atoms with Crippen LogP contribution in [0.4, 0.5) is 0 Å². The van der Waals surface area contributed by atoms with Crippen LogP contribution in [0.3, 0.4) is 0 Å². The zero-order valence-corrected chi connectivity index (χ0v) is 12.8. The van der Waals surface area contributed by atoms with Crippen LogP contribution in [0.5, 0.6) is 0 Å². The summed E-state index contributed by atoms with van der Waals surface area (Å²) in [6.07, 6.45) is 4.04. The third-order valence-corrected chi connectivity index (χ3v) is 4.79. The Morgan fingerprint density at radius 1 is 1.37 bits per heavy atom. The van der Waals surface area contributed by atoms with E-state index in [0.717, 1.165) is 38.8 Å². The first-order chi connectivity index (χ1) is 9.18. The van der Waals surface area contributed by atoms with Crippen LogP contribution in [0.2, 0.25) is 0 Å². The zero-order valence-electron chi connectivity index (χ0n) is 12.8. The molecule has 0 aromatic heterocycles. The van der Waals surface area contributed by atoms with Crippen LogP contribution in [0, 0.1) is 5.92 Å². The van der Waals surface area contributed by atoms with Gasteiger partial charge in [-0.1, -0.05) is 6.42 Å². The summed E-state index contributed by atoms with van der Waals surface area (Å²) in [6.45, 7) is 9.53. The molecule has 0 aromatic carbocycles.